The molecule has 3 heterocycles. The SMILES string of the molecule is CN(C)C(=O)c1cn[nH]c1C1CCN(Cc2ccc3cc[nH]c3c2)C1. The summed E-state index contributed by atoms with van der Waals surface area (Å²) < 4.78 is 0. The Morgan fingerprint density at radius 2 is 2.24 bits per heavy atom. The predicted octanol–water partition coefficient (Wildman–Crippen LogP) is 2.58. The van der Waals surface area contributed by atoms with Crippen LogP contribution in [0.4, 0.5) is 0 Å². The van der Waals surface area contributed by atoms with Crippen LogP contribution in [0.15, 0.2) is 36.7 Å². The van der Waals surface area contributed by atoms with Gasteiger partial charge in [0.05, 0.1) is 17.5 Å². The van der Waals surface area contributed by atoms with Gasteiger partial charge in [-0.3, -0.25) is 14.8 Å². The maximum absolute atomic E-state index is 12.3. The second kappa shape index (κ2) is 6.37. The number of H-pyrrole nitrogens is 2. The van der Waals surface area contributed by atoms with Crippen molar-refractivity contribution in [3.05, 3.63) is 53.5 Å². The third-order valence-corrected chi connectivity index (χ3v) is 5.01. The number of likely N-dealkylation sites (tertiary alicyclic amines) is 1. The van der Waals surface area contributed by atoms with Crippen molar-refractivity contribution in [1.82, 2.24) is 25.0 Å². The lowest BCUT2D eigenvalue weighted by molar-refractivity contribution is 0.0826. The van der Waals surface area contributed by atoms with Crippen molar-refractivity contribution >= 4 is 16.8 Å². The van der Waals surface area contributed by atoms with Gasteiger partial charge in [-0.05, 0) is 36.0 Å². The van der Waals surface area contributed by atoms with Crippen molar-refractivity contribution in [3.8, 4) is 0 Å². The zero-order valence-corrected chi connectivity index (χ0v) is 14.6. The predicted molar refractivity (Wildman–Crippen MR) is 97.5 cm³/mol. The minimum Gasteiger partial charge on any atom is -0.361 e. The molecule has 6 heteroatoms. The number of benzene rings is 1. The molecule has 1 fully saturated rings. The van der Waals surface area contributed by atoms with Gasteiger partial charge in [-0.2, -0.15) is 5.10 Å². The molecule has 0 radical (unpaired) electrons. The minimum atomic E-state index is 0.0133. The van der Waals surface area contributed by atoms with E-state index in [9.17, 15) is 4.79 Å². The fourth-order valence-corrected chi connectivity index (χ4v) is 3.68. The molecular weight excluding hydrogens is 314 g/mol. The molecule has 0 spiro atoms. The standard InChI is InChI=1S/C19H23N5O/c1-23(2)19(25)16-10-21-22-18(16)15-6-8-24(12-15)11-13-3-4-14-5-7-20-17(14)9-13/h3-5,7,9-10,15,20H,6,8,11-12H2,1-2H3,(H,21,22). The highest BCUT2D eigenvalue weighted by atomic mass is 16.2. The lowest BCUT2D eigenvalue weighted by Crippen LogP contribution is -2.24. The van der Waals surface area contributed by atoms with Gasteiger partial charge in [0.1, 0.15) is 0 Å². The second-order valence-electron chi connectivity index (χ2n) is 7.02. The van der Waals surface area contributed by atoms with Gasteiger partial charge < -0.3 is 9.88 Å². The van der Waals surface area contributed by atoms with E-state index in [-0.39, 0.29) is 5.91 Å². The molecule has 0 saturated carbocycles. The third kappa shape index (κ3) is 3.05. The van der Waals surface area contributed by atoms with Gasteiger partial charge in [-0.25, -0.2) is 0 Å². The number of carbonyl (C=O) groups is 1. The first kappa shape index (κ1) is 15.9. The smallest absolute Gasteiger partial charge is 0.256 e. The Morgan fingerprint density at radius 3 is 3.08 bits per heavy atom. The Hall–Kier alpha value is -2.60. The van der Waals surface area contributed by atoms with E-state index in [0.717, 1.165) is 31.7 Å². The number of aromatic nitrogens is 3. The van der Waals surface area contributed by atoms with Crippen molar-refractivity contribution in [1.29, 1.82) is 0 Å². The first-order chi connectivity index (χ1) is 12.1. The highest BCUT2D eigenvalue weighted by Gasteiger charge is 2.29. The van der Waals surface area contributed by atoms with Crippen molar-refractivity contribution < 1.29 is 4.79 Å². The number of carbonyl (C=O) groups excluding carboxylic acids is 1. The Bertz CT molecular complexity index is 894. The van der Waals surface area contributed by atoms with Gasteiger partial charge in [-0.1, -0.05) is 12.1 Å². The van der Waals surface area contributed by atoms with Crippen LogP contribution in [0.5, 0.6) is 0 Å². The average molecular weight is 337 g/mol. The van der Waals surface area contributed by atoms with Crippen molar-refractivity contribution in [3.63, 3.8) is 0 Å². The summed E-state index contributed by atoms with van der Waals surface area (Å²) in [7, 11) is 3.55. The monoisotopic (exact) mass is 337 g/mol. The Kier molecular flexibility index (Phi) is 4.05. The molecule has 4 rings (SSSR count). The van der Waals surface area contributed by atoms with Gasteiger partial charge in [0.15, 0.2) is 0 Å². The van der Waals surface area contributed by atoms with E-state index in [1.807, 2.05) is 6.20 Å². The highest BCUT2D eigenvalue weighted by molar-refractivity contribution is 5.94. The van der Waals surface area contributed by atoms with E-state index in [4.69, 9.17) is 0 Å². The summed E-state index contributed by atoms with van der Waals surface area (Å²) in [6.45, 7) is 2.90. The molecular formula is C19H23N5O. The molecule has 1 aliphatic heterocycles. The molecule has 2 N–H and O–H groups in total. The number of hydrogen-bond acceptors (Lipinski definition) is 3. The van der Waals surface area contributed by atoms with Gasteiger partial charge in [-0.15, -0.1) is 0 Å². The fourth-order valence-electron chi connectivity index (χ4n) is 3.68. The van der Waals surface area contributed by atoms with Gasteiger partial charge in [0, 0.05) is 44.8 Å². The fraction of sp³-hybridized carbons (Fsp3) is 0.368. The van der Waals surface area contributed by atoms with E-state index in [1.165, 1.54) is 16.5 Å². The molecule has 0 aliphatic carbocycles. The van der Waals surface area contributed by atoms with Crippen molar-refractivity contribution in [2.75, 3.05) is 27.2 Å². The quantitative estimate of drug-likeness (QED) is 0.769. The molecule has 0 bridgehead atoms. The molecule has 2 aromatic heterocycles. The average Bonchev–Trinajstić information content (AvgIpc) is 3.33. The number of aromatic amines is 2. The Balaban J connectivity index is 1.46. The number of hydrogen-bond donors (Lipinski definition) is 2. The molecule has 130 valence electrons. The largest absolute Gasteiger partial charge is 0.361 e. The molecule has 1 aromatic carbocycles. The summed E-state index contributed by atoms with van der Waals surface area (Å²) in [6, 6.07) is 8.67. The zero-order valence-electron chi connectivity index (χ0n) is 14.6. The van der Waals surface area contributed by atoms with Crippen LogP contribution in [0.1, 0.15) is 34.0 Å². The van der Waals surface area contributed by atoms with Crippen LogP contribution in [0, 0.1) is 0 Å². The number of rotatable bonds is 4. The minimum absolute atomic E-state index is 0.0133. The summed E-state index contributed by atoms with van der Waals surface area (Å²) in [5.74, 6) is 0.343. The maximum Gasteiger partial charge on any atom is 0.256 e. The highest BCUT2D eigenvalue weighted by Crippen LogP contribution is 2.29. The number of fused-ring (bicyclic) bond motifs is 1. The van der Waals surface area contributed by atoms with Gasteiger partial charge in [0.25, 0.3) is 5.91 Å². The van der Waals surface area contributed by atoms with Crippen LogP contribution in [-0.2, 0) is 6.54 Å². The van der Waals surface area contributed by atoms with Crippen LogP contribution in [-0.4, -0.2) is 58.1 Å². The molecule has 1 amide bonds. The number of amides is 1. The normalized spacial score (nSPS) is 18.1. The summed E-state index contributed by atoms with van der Waals surface area (Å²) in [4.78, 5) is 19.6. The molecule has 25 heavy (non-hydrogen) atoms. The van der Waals surface area contributed by atoms with Crippen molar-refractivity contribution in [2.24, 2.45) is 0 Å². The van der Waals surface area contributed by atoms with Gasteiger partial charge in [0.2, 0.25) is 0 Å². The first-order valence-electron chi connectivity index (χ1n) is 8.65. The van der Waals surface area contributed by atoms with Crippen LogP contribution >= 0.6 is 0 Å². The van der Waals surface area contributed by atoms with E-state index in [1.54, 1.807) is 25.2 Å². The topological polar surface area (TPSA) is 68.0 Å². The summed E-state index contributed by atoms with van der Waals surface area (Å²) in [6.07, 6.45) is 4.67. The van der Waals surface area contributed by atoms with Crippen molar-refractivity contribution in [2.45, 2.75) is 18.9 Å². The molecule has 3 aromatic rings. The third-order valence-electron chi connectivity index (χ3n) is 5.01. The molecule has 6 nitrogen and oxygen atoms in total. The molecule has 1 atom stereocenters. The van der Waals surface area contributed by atoms with Crippen LogP contribution in [0.25, 0.3) is 10.9 Å². The summed E-state index contributed by atoms with van der Waals surface area (Å²) in [5, 5.41) is 8.41. The van der Waals surface area contributed by atoms with Crippen LogP contribution < -0.4 is 0 Å². The zero-order chi connectivity index (χ0) is 17.4. The second-order valence-corrected chi connectivity index (χ2v) is 7.02. The lowest BCUT2D eigenvalue weighted by Gasteiger charge is -2.17. The van der Waals surface area contributed by atoms with E-state index >= 15 is 0 Å². The Morgan fingerprint density at radius 1 is 1.36 bits per heavy atom. The van der Waals surface area contributed by atoms with E-state index in [0.29, 0.717) is 11.5 Å². The first-order valence-corrected chi connectivity index (χ1v) is 8.65. The molecule has 1 unspecified atom stereocenters. The maximum atomic E-state index is 12.3. The van der Waals surface area contributed by atoms with Crippen LogP contribution in [0.2, 0.25) is 0 Å². The summed E-state index contributed by atoms with van der Waals surface area (Å²) >= 11 is 0. The lowest BCUT2D eigenvalue weighted by atomic mass is 10.0. The number of nitrogens with zero attached hydrogens (tertiary/aromatic N) is 3. The summed E-state index contributed by atoms with van der Waals surface area (Å²) in [5.41, 5.74) is 4.16. The molecule has 1 aliphatic rings. The molecule has 1 saturated heterocycles. The Labute approximate surface area is 146 Å². The number of nitrogens with one attached hydrogen (secondary N) is 2. The van der Waals surface area contributed by atoms with Crippen LogP contribution in [0.3, 0.4) is 0 Å². The van der Waals surface area contributed by atoms with Gasteiger partial charge >= 0.3 is 0 Å². The van der Waals surface area contributed by atoms with E-state index < -0.39 is 0 Å². The van der Waals surface area contributed by atoms with E-state index in [2.05, 4.69) is 44.3 Å².